The summed E-state index contributed by atoms with van der Waals surface area (Å²) in [5.74, 6) is -0.131. The van der Waals surface area contributed by atoms with E-state index in [0.717, 1.165) is 0 Å². The van der Waals surface area contributed by atoms with Gasteiger partial charge in [-0.3, -0.25) is 4.79 Å². The van der Waals surface area contributed by atoms with E-state index in [4.69, 9.17) is 5.73 Å². The predicted octanol–water partition coefficient (Wildman–Crippen LogP) is 3.71. The van der Waals surface area contributed by atoms with Crippen molar-refractivity contribution in [1.29, 1.82) is 0 Å². The smallest absolute Gasteiger partial charge is 0.253 e. The number of para-hydroxylation sites is 1. The molecule has 118 valence electrons. The Balaban J connectivity index is 0.00000242. The Kier molecular flexibility index (Phi) is 6.01. The minimum absolute atomic E-state index is 0. The topological polar surface area (TPSA) is 55.1 Å². The maximum absolute atomic E-state index is 12.2. The summed E-state index contributed by atoms with van der Waals surface area (Å²) in [5.41, 5.74) is 9.16. The van der Waals surface area contributed by atoms with Crippen molar-refractivity contribution < 1.29 is 4.79 Å². The molecule has 22 heavy (non-hydrogen) atoms. The summed E-state index contributed by atoms with van der Waals surface area (Å²) in [6, 6.07) is 15.5. The minimum atomic E-state index is -0.134. The normalized spacial score (nSPS) is 10.7. The van der Waals surface area contributed by atoms with Gasteiger partial charge in [0.25, 0.3) is 5.91 Å². The molecule has 0 aliphatic carbocycles. The number of rotatable bonds is 4. The molecule has 0 atom stereocenters. The van der Waals surface area contributed by atoms with Crippen LogP contribution >= 0.6 is 12.4 Å². The molecule has 4 heteroatoms. The highest BCUT2D eigenvalue weighted by Gasteiger charge is 2.22. The number of amides is 1. The third kappa shape index (κ3) is 4.25. The van der Waals surface area contributed by atoms with E-state index >= 15 is 0 Å². The number of benzene rings is 2. The Morgan fingerprint density at radius 3 is 2.45 bits per heavy atom. The summed E-state index contributed by atoms with van der Waals surface area (Å²) in [7, 11) is 0. The van der Waals surface area contributed by atoms with Crippen LogP contribution in [0.5, 0.6) is 0 Å². The number of carbonyl (C=O) groups excluding carboxylic acids is 1. The molecule has 2 aromatic carbocycles. The standard InChI is InChI=1S/C18H22N2O.ClH/c1-13-7-6-8-14(11-13)18(2,3)12-20-17(21)15-9-4-5-10-16(15)19;/h4-11H,12,19H2,1-3H3,(H,20,21);1H. The molecule has 0 aromatic heterocycles. The van der Waals surface area contributed by atoms with Crippen LogP contribution in [0.1, 0.15) is 35.3 Å². The number of carbonyl (C=O) groups is 1. The van der Waals surface area contributed by atoms with Crippen molar-refractivity contribution in [2.75, 3.05) is 12.3 Å². The lowest BCUT2D eigenvalue weighted by molar-refractivity contribution is 0.0946. The van der Waals surface area contributed by atoms with Gasteiger partial charge in [0.2, 0.25) is 0 Å². The van der Waals surface area contributed by atoms with Crippen LogP contribution in [0.2, 0.25) is 0 Å². The van der Waals surface area contributed by atoms with E-state index in [2.05, 4.69) is 44.3 Å². The second kappa shape index (κ2) is 7.32. The highest BCUT2D eigenvalue weighted by atomic mass is 35.5. The summed E-state index contributed by atoms with van der Waals surface area (Å²) >= 11 is 0. The zero-order chi connectivity index (χ0) is 15.5. The number of nitrogens with one attached hydrogen (secondary N) is 1. The molecule has 0 aliphatic rings. The number of anilines is 1. The maximum Gasteiger partial charge on any atom is 0.253 e. The monoisotopic (exact) mass is 318 g/mol. The molecule has 2 aromatic rings. The van der Waals surface area contributed by atoms with Gasteiger partial charge < -0.3 is 11.1 Å². The van der Waals surface area contributed by atoms with E-state index < -0.39 is 0 Å². The van der Waals surface area contributed by atoms with Gasteiger partial charge in [-0.1, -0.05) is 55.8 Å². The Hall–Kier alpha value is -2.00. The molecular weight excluding hydrogens is 296 g/mol. The van der Waals surface area contributed by atoms with E-state index in [9.17, 15) is 4.79 Å². The average Bonchev–Trinajstić information content (AvgIpc) is 2.45. The van der Waals surface area contributed by atoms with E-state index in [1.165, 1.54) is 11.1 Å². The number of halogens is 1. The van der Waals surface area contributed by atoms with Crippen molar-refractivity contribution in [2.45, 2.75) is 26.2 Å². The van der Waals surface area contributed by atoms with Gasteiger partial charge >= 0.3 is 0 Å². The van der Waals surface area contributed by atoms with Crippen LogP contribution in [0.15, 0.2) is 48.5 Å². The number of nitrogen functional groups attached to an aromatic ring is 1. The van der Waals surface area contributed by atoms with Crippen molar-refractivity contribution in [3.05, 3.63) is 65.2 Å². The summed E-state index contributed by atoms with van der Waals surface area (Å²) in [6.45, 7) is 6.87. The fourth-order valence-corrected chi connectivity index (χ4v) is 2.27. The summed E-state index contributed by atoms with van der Waals surface area (Å²) in [5, 5.41) is 2.98. The van der Waals surface area contributed by atoms with Crippen molar-refractivity contribution in [1.82, 2.24) is 5.32 Å². The zero-order valence-corrected chi connectivity index (χ0v) is 14.0. The fourth-order valence-electron chi connectivity index (χ4n) is 2.27. The number of nitrogens with two attached hydrogens (primary N) is 1. The highest BCUT2D eigenvalue weighted by molar-refractivity contribution is 5.99. The van der Waals surface area contributed by atoms with Crippen LogP contribution in [-0.4, -0.2) is 12.5 Å². The first-order valence-corrected chi connectivity index (χ1v) is 7.10. The SMILES string of the molecule is Cc1cccc(C(C)(C)CNC(=O)c2ccccc2N)c1.Cl. The molecule has 0 spiro atoms. The van der Waals surface area contributed by atoms with E-state index in [1.54, 1.807) is 12.1 Å². The van der Waals surface area contributed by atoms with Crippen LogP contribution in [-0.2, 0) is 5.41 Å². The van der Waals surface area contributed by atoms with Gasteiger partial charge in [0, 0.05) is 17.6 Å². The van der Waals surface area contributed by atoms with Crippen molar-refractivity contribution >= 4 is 24.0 Å². The second-order valence-corrected chi connectivity index (χ2v) is 6.02. The van der Waals surface area contributed by atoms with Crippen LogP contribution in [0.3, 0.4) is 0 Å². The van der Waals surface area contributed by atoms with Gasteiger partial charge in [-0.15, -0.1) is 12.4 Å². The zero-order valence-electron chi connectivity index (χ0n) is 13.2. The molecule has 0 bridgehead atoms. The van der Waals surface area contributed by atoms with Crippen molar-refractivity contribution in [2.24, 2.45) is 0 Å². The third-order valence-electron chi connectivity index (χ3n) is 3.70. The lowest BCUT2D eigenvalue weighted by Gasteiger charge is -2.26. The second-order valence-electron chi connectivity index (χ2n) is 6.02. The van der Waals surface area contributed by atoms with Gasteiger partial charge in [0.05, 0.1) is 5.56 Å². The van der Waals surface area contributed by atoms with Gasteiger partial charge in [-0.25, -0.2) is 0 Å². The molecule has 2 rings (SSSR count). The number of aryl methyl sites for hydroxylation is 1. The van der Waals surface area contributed by atoms with Gasteiger partial charge in [-0.05, 0) is 24.6 Å². The first-order valence-electron chi connectivity index (χ1n) is 7.10. The summed E-state index contributed by atoms with van der Waals surface area (Å²) in [6.07, 6.45) is 0. The molecule has 0 aliphatic heterocycles. The molecule has 0 heterocycles. The molecule has 3 nitrogen and oxygen atoms in total. The molecule has 0 saturated heterocycles. The molecule has 0 saturated carbocycles. The first-order chi connectivity index (χ1) is 9.90. The van der Waals surface area contributed by atoms with Gasteiger partial charge in [0.15, 0.2) is 0 Å². The summed E-state index contributed by atoms with van der Waals surface area (Å²) < 4.78 is 0. The van der Waals surface area contributed by atoms with Crippen molar-refractivity contribution in [3.63, 3.8) is 0 Å². The molecule has 3 N–H and O–H groups in total. The van der Waals surface area contributed by atoms with Gasteiger partial charge in [-0.2, -0.15) is 0 Å². The average molecular weight is 319 g/mol. The molecular formula is C18H23ClN2O. The van der Waals surface area contributed by atoms with E-state index in [-0.39, 0.29) is 23.7 Å². The Morgan fingerprint density at radius 2 is 1.82 bits per heavy atom. The lowest BCUT2D eigenvalue weighted by Crippen LogP contribution is -2.37. The molecule has 0 fully saturated rings. The third-order valence-corrected chi connectivity index (χ3v) is 3.70. The summed E-state index contributed by atoms with van der Waals surface area (Å²) in [4.78, 5) is 12.2. The number of hydrogen-bond donors (Lipinski definition) is 2. The van der Waals surface area contributed by atoms with Crippen LogP contribution in [0.4, 0.5) is 5.69 Å². The Bertz CT molecular complexity index is 653. The number of hydrogen-bond acceptors (Lipinski definition) is 2. The minimum Gasteiger partial charge on any atom is -0.398 e. The molecule has 0 radical (unpaired) electrons. The van der Waals surface area contributed by atoms with Crippen molar-refractivity contribution in [3.8, 4) is 0 Å². The maximum atomic E-state index is 12.2. The van der Waals surface area contributed by atoms with Crippen LogP contribution < -0.4 is 11.1 Å². The quantitative estimate of drug-likeness (QED) is 0.844. The van der Waals surface area contributed by atoms with E-state index in [1.807, 2.05) is 18.2 Å². The Morgan fingerprint density at radius 1 is 1.14 bits per heavy atom. The molecule has 0 unspecified atom stereocenters. The first kappa shape index (κ1) is 18.1. The highest BCUT2D eigenvalue weighted by Crippen LogP contribution is 2.23. The largest absolute Gasteiger partial charge is 0.398 e. The van der Waals surface area contributed by atoms with E-state index in [0.29, 0.717) is 17.8 Å². The Labute approximate surface area is 138 Å². The van der Waals surface area contributed by atoms with Crippen LogP contribution in [0.25, 0.3) is 0 Å². The van der Waals surface area contributed by atoms with Crippen LogP contribution in [0, 0.1) is 6.92 Å². The van der Waals surface area contributed by atoms with Gasteiger partial charge in [0.1, 0.15) is 0 Å². The fraction of sp³-hybridized carbons (Fsp3) is 0.278. The lowest BCUT2D eigenvalue weighted by atomic mass is 9.84. The predicted molar refractivity (Wildman–Crippen MR) is 94.6 cm³/mol. The molecule has 1 amide bonds.